The Bertz CT molecular complexity index is 502. The van der Waals surface area contributed by atoms with Crippen LogP contribution in [0.3, 0.4) is 0 Å². The second-order valence-corrected chi connectivity index (χ2v) is 4.55. The normalized spacial score (nSPS) is 18.1. The van der Waals surface area contributed by atoms with Crippen LogP contribution in [0.2, 0.25) is 0 Å². The van der Waals surface area contributed by atoms with Gasteiger partial charge in [0.1, 0.15) is 12.6 Å². The van der Waals surface area contributed by atoms with E-state index in [4.69, 9.17) is 14.6 Å². The number of aliphatic carboxylic acids is 1. The van der Waals surface area contributed by atoms with Gasteiger partial charge < -0.3 is 19.9 Å². The van der Waals surface area contributed by atoms with Crippen molar-refractivity contribution in [2.24, 2.45) is 0 Å². The van der Waals surface area contributed by atoms with Gasteiger partial charge in [-0.3, -0.25) is 4.79 Å². The molecule has 2 N–H and O–H groups in total. The molecule has 0 unspecified atom stereocenters. The summed E-state index contributed by atoms with van der Waals surface area (Å²) in [5.74, 6) is -0.446. The van der Waals surface area contributed by atoms with Crippen LogP contribution in [-0.2, 0) is 9.59 Å². The average molecular weight is 279 g/mol. The first-order valence-corrected chi connectivity index (χ1v) is 6.53. The molecule has 0 radical (unpaired) electrons. The molecule has 1 aromatic carbocycles. The Kier molecular flexibility index (Phi) is 4.45. The Hall–Kier alpha value is -2.24. The first kappa shape index (κ1) is 14.2. The summed E-state index contributed by atoms with van der Waals surface area (Å²) >= 11 is 0. The van der Waals surface area contributed by atoms with Gasteiger partial charge >= 0.3 is 5.97 Å². The summed E-state index contributed by atoms with van der Waals surface area (Å²) in [7, 11) is 0. The molecule has 0 spiro atoms. The topological polar surface area (TPSA) is 84.9 Å². The van der Waals surface area contributed by atoms with Gasteiger partial charge in [-0.05, 0) is 18.6 Å². The van der Waals surface area contributed by atoms with Crippen LogP contribution in [-0.4, -0.2) is 35.7 Å². The number of ether oxygens (including phenoxy) is 2. The number of benzene rings is 1. The molecule has 0 aliphatic carbocycles. The van der Waals surface area contributed by atoms with Gasteiger partial charge in [-0.15, -0.1) is 0 Å². The Morgan fingerprint density at radius 1 is 1.40 bits per heavy atom. The van der Waals surface area contributed by atoms with Gasteiger partial charge in [0.2, 0.25) is 6.10 Å². The first-order chi connectivity index (χ1) is 9.61. The molecule has 0 saturated heterocycles. The van der Waals surface area contributed by atoms with Crippen LogP contribution >= 0.6 is 0 Å². The minimum atomic E-state index is -1.04. The quantitative estimate of drug-likeness (QED) is 0.846. The summed E-state index contributed by atoms with van der Waals surface area (Å²) in [4.78, 5) is 23.0. The van der Waals surface area contributed by atoms with E-state index in [9.17, 15) is 9.59 Å². The zero-order valence-corrected chi connectivity index (χ0v) is 11.2. The number of amides is 1. The van der Waals surface area contributed by atoms with E-state index in [0.29, 0.717) is 24.3 Å². The van der Waals surface area contributed by atoms with Crippen LogP contribution in [0.25, 0.3) is 0 Å². The van der Waals surface area contributed by atoms with Crippen molar-refractivity contribution in [3.05, 3.63) is 24.3 Å². The third-order valence-electron chi connectivity index (χ3n) is 2.99. The molecule has 6 nitrogen and oxygen atoms in total. The molecule has 2 rings (SSSR count). The number of nitrogens with one attached hydrogen (secondary N) is 1. The molecule has 6 heteroatoms. The predicted octanol–water partition coefficient (Wildman–Crippen LogP) is 1.20. The highest BCUT2D eigenvalue weighted by Crippen LogP contribution is 2.30. The summed E-state index contributed by atoms with van der Waals surface area (Å²) < 4.78 is 10.9. The van der Waals surface area contributed by atoms with E-state index in [1.165, 1.54) is 0 Å². The molecular formula is C14H17NO5. The van der Waals surface area contributed by atoms with Gasteiger partial charge in [0.15, 0.2) is 11.5 Å². The van der Waals surface area contributed by atoms with E-state index in [0.717, 1.165) is 0 Å². The van der Waals surface area contributed by atoms with Crippen molar-refractivity contribution in [3.63, 3.8) is 0 Å². The number of hydrogen-bond donors (Lipinski definition) is 2. The van der Waals surface area contributed by atoms with E-state index in [2.05, 4.69) is 5.32 Å². The minimum Gasteiger partial charge on any atom is -0.485 e. The molecule has 1 heterocycles. The van der Waals surface area contributed by atoms with E-state index in [-0.39, 0.29) is 6.61 Å². The molecule has 1 aliphatic rings. The maximum atomic E-state index is 12.0. The highest BCUT2D eigenvalue weighted by Gasteiger charge is 2.30. The third-order valence-corrected chi connectivity index (χ3v) is 2.99. The van der Waals surface area contributed by atoms with Gasteiger partial charge in [-0.1, -0.05) is 25.5 Å². The standard InChI is InChI=1S/C14H17NO5/c1-2-5-9(14(17)18)15-13(16)12-8-19-10-6-3-4-7-11(10)20-12/h3-4,6-7,9,12H,2,5,8H2,1H3,(H,15,16)(H,17,18)/t9-,12-/m1/s1. The zero-order chi connectivity index (χ0) is 14.5. The number of carboxylic acids is 1. The molecule has 1 amide bonds. The Balaban J connectivity index is 1.99. The summed E-state index contributed by atoms with van der Waals surface area (Å²) in [6, 6.07) is 6.15. The van der Waals surface area contributed by atoms with Crippen molar-refractivity contribution in [1.29, 1.82) is 0 Å². The van der Waals surface area contributed by atoms with E-state index >= 15 is 0 Å². The number of fused-ring (bicyclic) bond motifs is 1. The Labute approximate surface area is 116 Å². The van der Waals surface area contributed by atoms with Gasteiger partial charge in [0, 0.05) is 0 Å². The summed E-state index contributed by atoms with van der Waals surface area (Å²) in [6.45, 7) is 1.93. The highest BCUT2D eigenvalue weighted by molar-refractivity contribution is 5.86. The van der Waals surface area contributed by atoms with Crippen LogP contribution in [0.4, 0.5) is 0 Å². The highest BCUT2D eigenvalue weighted by atomic mass is 16.6. The molecule has 0 fully saturated rings. The fraction of sp³-hybridized carbons (Fsp3) is 0.429. The van der Waals surface area contributed by atoms with Crippen molar-refractivity contribution >= 4 is 11.9 Å². The van der Waals surface area contributed by atoms with Crippen molar-refractivity contribution in [1.82, 2.24) is 5.32 Å². The average Bonchev–Trinajstić information content (AvgIpc) is 2.46. The van der Waals surface area contributed by atoms with Crippen LogP contribution < -0.4 is 14.8 Å². The lowest BCUT2D eigenvalue weighted by molar-refractivity contribution is -0.143. The predicted molar refractivity (Wildman–Crippen MR) is 70.8 cm³/mol. The largest absolute Gasteiger partial charge is 0.485 e. The first-order valence-electron chi connectivity index (χ1n) is 6.53. The summed E-state index contributed by atoms with van der Waals surface area (Å²) in [6.07, 6.45) is 0.219. The number of carboxylic acid groups (broad SMARTS) is 1. The second kappa shape index (κ2) is 6.27. The van der Waals surface area contributed by atoms with Crippen LogP contribution in [0, 0.1) is 0 Å². The lowest BCUT2D eigenvalue weighted by atomic mass is 10.1. The second-order valence-electron chi connectivity index (χ2n) is 4.55. The lowest BCUT2D eigenvalue weighted by Crippen LogP contribution is -2.50. The van der Waals surface area contributed by atoms with E-state index in [1.54, 1.807) is 18.2 Å². The molecule has 1 aliphatic heterocycles. The zero-order valence-electron chi connectivity index (χ0n) is 11.2. The van der Waals surface area contributed by atoms with Crippen molar-refractivity contribution in [3.8, 4) is 11.5 Å². The van der Waals surface area contributed by atoms with Crippen molar-refractivity contribution in [2.45, 2.75) is 31.9 Å². The SMILES string of the molecule is CCC[C@@H](NC(=O)[C@H]1COc2ccccc2O1)C(=O)O. The van der Waals surface area contributed by atoms with Crippen molar-refractivity contribution in [2.75, 3.05) is 6.61 Å². The third kappa shape index (κ3) is 3.20. The van der Waals surface area contributed by atoms with Gasteiger partial charge in [-0.2, -0.15) is 0 Å². The fourth-order valence-corrected chi connectivity index (χ4v) is 1.96. The Morgan fingerprint density at radius 2 is 2.10 bits per heavy atom. The number of rotatable bonds is 5. The molecule has 20 heavy (non-hydrogen) atoms. The summed E-state index contributed by atoms with van der Waals surface area (Å²) in [5, 5.41) is 11.5. The smallest absolute Gasteiger partial charge is 0.326 e. The monoisotopic (exact) mass is 279 g/mol. The Morgan fingerprint density at radius 3 is 2.75 bits per heavy atom. The van der Waals surface area contributed by atoms with E-state index < -0.39 is 24.0 Å². The molecule has 0 bridgehead atoms. The molecular weight excluding hydrogens is 262 g/mol. The number of carbonyl (C=O) groups excluding carboxylic acids is 1. The number of carbonyl (C=O) groups is 2. The molecule has 0 aromatic heterocycles. The van der Waals surface area contributed by atoms with Gasteiger partial charge in [0.05, 0.1) is 0 Å². The molecule has 1 aromatic rings. The summed E-state index contributed by atoms with van der Waals surface area (Å²) in [5.41, 5.74) is 0. The maximum Gasteiger partial charge on any atom is 0.326 e. The maximum absolute atomic E-state index is 12.0. The van der Waals surface area contributed by atoms with Gasteiger partial charge in [0.25, 0.3) is 5.91 Å². The molecule has 0 saturated carbocycles. The lowest BCUT2D eigenvalue weighted by Gasteiger charge is -2.26. The number of hydrogen-bond acceptors (Lipinski definition) is 4. The van der Waals surface area contributed by atoms with Crippen LogP contribution in [0.1, 0.15) is 19.8 Å². The van der Waals surface area contributed by atoms with E-state index in [1.807, 2.05) is 13.0 Å². The molecule has 108 valence electrons. The van der Waals surface area contributed by atoms with Crippen LogP contribution in [0.15, 0.2) is 24.3 Å². The fourth-order valence-electron chi connectivity index (χ4n) is 1.96. The number of para-hydroxylation sites is 2. The minimum absolute atomic E-state index is 0.0707. The molecule has 2 atom stereocenters. The van der Waals surface area contributed by atoms with Crippen molar-refractivity contribution < 1.29 is 24.2 Å². The van der Waals surface area contributed by atoms with Gasteiger partial charge in [-0.25, -0.2) is 4.79 Å². The van der Waals surface area contributed by atoms with Crippen LogP contribution in [0.5, 0.6) is 11.5 Å².